The fraction of sp³-hybridized carbons (Fsp3) is 0.258. The summed E-state index contributed by atoms with van der Waals surface area (Å²) in [6.45, 7) is 3.99. The molecule has 4 aromatic rings. The maximum absolute atomic E-state index is 14.2. The molecule has 0 bridgehead atoms. The number of aryl methyl sites for hydroxylation is 2. The van der Waals surface area contributed by atoms with Crippen molar-refractivity contribution < 1.29 is 23.1 Å². The number of nitrogens with zero attached hydrogens (tertiary/aromatic N) is 3. The Labute approximate surface area is 232 Å². The van der Waals surface area contributed by atoms with E-state index >= 15 is 0 Å². The van der Waals surface area contributed by atoms with Crippen molar-refractivity contribution in [3.8, 4) is 22.7 Å². The van der Waals surface area contributed by atoms with Gasteiger partial charge in [-0.1, -0.05) is 18.2 Å². The molecule has 7 nitrogen and oxygen atoms in total. The molecule has 1 N–H and O–H groups in total. The summed E-state index contributed by atoms with van der Waals surface area (Å²) in [5.74, 6) is -0.878. The number of halogens is 2. The third kappa shape index (κ3) is 6.72. The van der Waals surface area contributed by atoms with E-state index in [1.807, 2.05) is 25.1 Å². The Hall–Kier alpha value is -4.53. The Bertz CT molecular complexity index is 1480. The van der Waals surface area contributed by atoms with Gasteiger partial charge in [-0.25, -0.2) is 13.5 Å². The van der Waals surface area contributed by atoms with Crippen LogP contribution in [0, 0.1) is 18.6 Å². The number of ether oxygens (including phenoxy) is 1. The fourth-order valence-electron chi connectivity index (χ4n) is 4.40. The molecule has 0 aliphatic carbocycles. The number of benzene rings is 3. The third-order valence-electron chi connectivity index (χ3n) is 6.61. The van der Waals surface area contributed by atoms with Gasteiger partial charge in [0.2, 0.25) is 11.8 Å². The number of nitrogens with one attached hydrogen (secondary N) is 1. The van der Waals surface area contributed by atoms with E-state index in [1.165, 1.54) is 29.2 Å². The number of carbonyl (C=O) groups excluding carboxylic acids is 2. The van der Waals surface area contributed by atoms with E-state index < -0.39 is 11.9 Å². The van der Waals surface area contributed by atoms with Crippen LogP contribution in [0.2, 0.25) is 0 Å². The second kappa shape index (κ2) is 12.5. The Morgan fingerprint density at radius 2 is 1.77 bits per heavy atom. The predicted molar refractivity (Wildman–Crippen MR) is 149 cm³/mol. The number of hydrogen-bond donors (Lipinski definition) is 1. The number of amides is 2. The van der Waals surface area contributed by atoms with Crippen LogP contribution >= 0.6 is 0 Å². The molecule has 3 aromatic carbocycles. The Morgan fingerprint density at radius 1 is 1.02 bits per heavy atom. The van der Waals surface area contributed by atoms with Gasteiger partial charge in [0.15, 0.2) is 0 Å². The number of rotatable bonds is 10. The first-order chi connectivity index (χ1) is 19.2. The van der Waals surface area contributed by atoms with Gasteiger partial charge in [0.05, 0.1) is 24.2 Å². The van der Waals surface area contributed by atoms with Crippen LogP contribution in [0.4, 0.5) is 8.78 Å². The first-order valence-electron chi connectivity index (χ1n) is 13.0. The summed E-state index contributed by atoms with van der Waals surface area (Å²) in [4.78, 5) is 27.6. The van der Waals surface area contributed by atoms with Crippen LogP contribution in [0.15, 0.2) is 72.8 Å². The number of aromatic nitrogens is 2. The van der Waals surface area contributed by atoms with E-state index in [4.69, 9.17) is 9.84 Å². The van der Waals surface area contributed by atoms with E-state index in [0.29, 0.717) is 40.4 Å². The first kappa shape index (κ1) is 28.5. The molecule has 9 heteroatoms. The summed E-state index contributed by atoms with van der Waals surface area (Å²) in [5.41, 5.74) is 3.68. The van der Waals surface area contributed by atoms with Crippen molar-refractivity contribution >= 4 is 11.8 Å². The Morgan fingerprint density at radius 3 is 2.42 bits per heavy atom. The van der Waals surface area contributed by atoms with Gasteiger partial charge >= 0.3 is 0 Å². The van der Waals surface area contributed by atoms with Gasteiger partial charge in [-0.2, -0.15) is 5.10 Å². The second-order valence-corrected chi connectivity index (χ2v) is 9.56. The highest BCUT2D eigenvalue weighted by Gasteiger charge is 2.26. The predicted octanol–water partition coefficient (Wildman–Crippen LogP) is 5.40. The van der Waals surface area contributed by atoms with E-state index in [-0.39, 0.29) is 30.5 Å². The van der Waals surface area contributed by atoms with Crippen LogP contribution < -0.4 is 10.1 Å². The molecule has 40 heavy (non-hydrogen) atoms. The summed E-state index contributed by atoms with van der Waals surface area (Å²) in [5, 5.41) is 7.48. The zero-order valence-corrected chi connectivity index (χ0v) is 22.9. The molecule has 0 saturated carbocycles. The molecule has 1 aromatic heterocycles. The van der Waals surface area contributed by atoms with E-state index in [9.17, 15) is 18.4 Å². The van der Waals surface area contributed by atoms with Gasteiger partial charge in [-0.15, -0.1) is 0 Å². The minimum absolute atomic E-state index is 0.0378. The summed E-state index contributed by atoms with van der Waals surface area (Å²) < 4.78 is 35.1. The molecule has 4 rings (SSSR count). The number of carbonyl (C=O) groups is 2. The Balaban J connectivity index is 1.58. The summed E-state index contributed by atoms with van der Waals surface area (Å²) in [7, 11) is 3.21. The van der Waals surface area contributed by atoms with Gasteiger partial charge in [-0.3, -0.25) is 9.59 Å². The summed E-state index contributed by atoms with van der Waals surface area (Å²) in [6, 6.07) is 18.6. The average Bonchev–Trinajstić information content (AvgIpc) is 3.38. The van der Waals surface area contributed by atoms with Gasteiger partial charge in [0.25, 0.3) is 0 Å². The normalized spacial score (nSPS) is 11.7. The lowest BCUT2D eigenvalue weighted by atomic mass is 10.0. The average molecular weight is 547 g/mol. The van der Waals surface area contributed by atoms with Crippen LogP contribution in [-0.4, -0.2) is 47.2 Å². The molecule has 208 valence electrons. The zero-order valence-electron chi connectivity index (χ0n) is 22.9. The molecular weight excluding hydrogens is 514 g/mol. The van der Waals surface area contributed by atoms with Gasteiger partial charge in [0.1, 0.15) is 23.4 Å². The SMILES string of the molecule is CCN(C)C(=O)C(NC(=O)CCc1cc(-c2cccc(F)c2)n(-c2ccc(OC)cc2)n1)c1cc(C)cc(F)c1. The van der Waals surface area contributed by atoms with Crippen molar-refractivity contribution in [2.24, 2.45) is 0 Å². The molecule has 0 spiro atoms. The molecule has 0 fully saturated rings. The number of methoxy groups -OCH3 is 1. The van der Waals surface area contributed by atoms with Crippen LogP contribution in [0.5, 0.6) is 5.75 Å². The highest BCUT2D eigenvalue weighted by atomic mass is 19.1. The second-order valence-electron chi connectivity index (χ2n) is 9.56. The lowest BCUT2D eigenvalue weighted by Gasteiger charge is -2.24. The zero-order chi connectivity index (χ0) is 28.8. The third-order valence-corrected chi connectivity index (χ3v) is 6.61. The summed E-state index contributed by atoms with van der Waals surface area (Å²) >= 11 is 0. The molecular formula is C31H32F2N4O3. The molecule has 1 atom stereocenters. The van der Waals surface area contributed by atoms with Crippen molar-refractivity contribution in [2.45, 2.75) is 32.7 Å². The quantitative estimate of drug-likeness (QED) is 0.289. The van der Waals surface area contributed by atoms with Crippen molar-refractivity contribution in [1.29, 1.82) is 0 Å². The fourth-order valence-corrected chi connectivity index (χ4v) is 4.40. The van der Waals surface area contributed by atoms with Gasteiger partial charge in [0, 0.05) is 32.0 Å². The molecule has 1 unspecified atom stereocenters. The minimum Gasteiger partial charge on any atom is -0.497 e. The maximum atomic E-state index is 14.2. The van der Waals surface area contributed by atoms with E-state index in [2.05, 4.69) is 5.32 Å². The maximum Gasteiger partial charge on any atom is 0.249 e. The van der Waals surface area contributed by atoms with E-state index in [1.54, 1.807) is 56.1 Å². The summed E-state index contributed by atoms with van der Waals surface area (Å²) in [6.07, 6.45) is 0.306. The number of hydrogen-bond acceptors (Lipinski definition) is 4. The molecule has 2 amide bonds. The number of likely N-dealkylation sites (N-methyl/N-ethyl adjacent to an activating group) is 1. The standard InChI is InChI=1S/C31H32F2N4O3/c1-5-36(3)31(39)30(22-15-20(2)16-24(33)18-22)34-29(38)14-9-25-19-28(21-7-6-8-23(32)17-21)37(35-25)26-10-12-27(40-4)13-11-26/h6-8,10-13,15-19,30H,5,9,14H2,1-4H3,(H,34,38). The first-order valence-corrected chi connectivity index (χ1v) is 13.0. The molecule has 0 saturated heterocycles. The van der Waals surface area contributed by atoms with Crippen molar-refractivity contribution in [2.75, 3.05) is 20.7 Å². The lowest BCUT2D eigenvalue weighted by molar-refractivity contribution is -0.135. The molecule has 0 radical (unpaired) electrons. The highest BCUT2D eigenvalue weighted by molar-refractivity contribution is 5.88. The smallest absolute Gasteiger partial charge is 0.249 e. The lowest BCUT2D eigenvalue weighted by Crippen LogP contribution is -2.41. The topological polar surface area (TPSA) is 76.5 Å². The van der Waals surface area contributed by atoms with Crippen LogP contribution in [-0.2, 0) is 16.0 Å². The monoisotopic (exact) mass is 546 g/mol. The van der Waals surface area contributed by atoms with Crippen molar-refractivity contribution in [3.63, 3.8) is 0 Å². The van der Waals surface area contributed by atoms with Crippen LogP contribution in [0.1, 0.15) is 36.2 Å². The molecule has 1 heterocycles. The van der Waals surface area contributed by atoms with Gasteiger partial charge in [-0.05, 0) is 79.6 Å². The molecule has 0 aliphatic rings. The van der Waals surface area contributed by atoms with Crippen LogP contribution in [0.3, 0.4) is 0 Å². The van der Waals surface area contributed by atoms with Crippen LogP contribution in [0.25, 0.3) is 16.9 Å². The van der Waals surface area contributed by atoms with Gasteiger partial charge < -0.3 is 15.0 Å². The minimum atomic E-state index is -1.02. The van der Waals surface area contributed by atoms with Crippen molar-refractivity contribution in [3.05, 3.63) is 101 Å². The largest absolute Gasteiger partial charge is 0.497 e. The Kier molecular flexibility index (Phi) is 8.93. The highest BCUT2D eigenvalue weighted by Crippen LogP contribution is 2.27. The van der Waals surface area contributed by atoms with Crippen molar-refractivity contribution in [1.82, 2.24) is 20.0 Å². The molecule has 0 aliphatic heterocycles. The van der Waals surface area contributed by atoms with E-state index in [0.717, 1.165) is 5.69 Å².